The number of hydrogen-bond donors (Lipinski definition) is 3. The van der Waals surface area contributed by atoms with Gasteiger partial charge in [-0.05, 0) is 17.9 Å². The summed E-state index contributed by atoms with van der Waals surface area (Å²) in [5.74, 6) is 0.00128. The highest BCUT2D eigenvalue weighted by molar-refractivity contribution is 5.75. The number of nitrogens with two attached hydrogens (primary N) is 2. The lowest BCUT2D eigenvalue weighted by Gasteiger charge is -2.28. The van der Waals surface area contributed by atoms with Crippen molar-refractivity contribution in [2.45, 2.75) is 32.4 Å². The zero-order chi connectivity index (χ0) is 15.8. The van der Waals surface area contributed by atoms with E-state index in [0.29, 0.717) is 25.4 Å². The monoisotopic (exact) mass is 293 g/mol. The van der Waals surface area contributed by atoms with E-state index in [-0.39, 0.29) is 18.5 Å². The Hall–Kier alpha value is -1.43. The highest BCUT2D eigenvalue weighted by Gasteiger charge is 2.20. The van der Waals surface area contributed by atoms with Crippen LogP contribution in [-0.4, -0.2) is 47.7 Å². The molecule has 1 amide bonds. The summed E-state index contributed by atoms with van der Waals surface area (Å²) in [4.78, 5) is 13.0. The third kappa shape index (κ3) is 7.22. The summed E-state index contributed by atoms with van der Waals surface area (Å²) < 4.78 is 0. The molecular weight excluding hydrogens is 266 g/mol. The van der Waals surface area contributed by atoms with Gasteiger partial charge in [-0.3, -0.25) is 9.69 Å². The van der Waals surface area contributed by atoms with Crippen LogP contribution < -0.4 is 11.5 Å². The average molecular weight is 293 g/mol. The molecule has 2 atom stereocenters. The minimum atomic E-state index is -0.691. The van der Waals surface area contributed by atoms with Crippen molar-refractivity contribution >= 4 is 5.91 Å². The molecule has 21 heavy (non-hydrogen) atoms. The molecule has 0 fully saturated rings. The summed E-state index contributed by atoms with van der Waals surface area (Å²) in [7, 11) is 0. The first kappa shape index (κ1) is 17.6. The Morgan fingerprint density at radius 2 is 1.86 bits per heavy atom. The standard InChI is InChI=1S/C16H27N3O2/c1-12(2)9-19(11-16(18)21)10-15(20)14(17)8-13-6-4-3-5-7-13/h3-7,12,14-15,20H,8-11,17H2,1-2H3,(H2,18,21). The minimum absolute atomic E-state index is 0.146. The number of nitrogens with zero attached hydrogens (tertiary/aromatic N) is 1. The van der Waals surface area contributed by atoms with Gasteiger partial charge in [0.25, 0.3) is 0 Å². The molecule has 0 radical (unpaired) electrons. The van der Waals surface area contributed by atoms with Crippen molar-refractivity contribution in [1.82, 2.24) is 4.90 Å². The quantitative estimate of drug-likeness (QED) is 0.613. The maximum atomic E-state index is 11.1. The molecule has 0 heterocycles. The summed E-state index contributed by atoms with van der Waals surface area (Å²) in [5.41, 5.74) is 12.4. The number of benzene rings is 1. The second kappa shape index (κ2) is 8.77. The summed E-state index contributed by atoms with van der Waals surface area (Å²) in [6.07, 6.45) is -0.0861. The molecule has 0 aliphatic rings. The fraction of sp³-hybridized carbons (Fsp3) is 0.562. The topological polar surface area (TPSA) is 92.6 Å². The highest BCUT2D eigenvalue weighted by Crippen LogP contribution is 2.07. The number of aliphatic hydroxyl groups excluding tert-OH is 1. The summed E-state index contributed by atoms with van der Waals surface area (Å²) in [6, 6.07) is 9.46. The van der Waals surface area contributed by atoms with Crippen LogP contribution >= 0.6 is 0 Å². The van der Waals surface area contributed by atoms with Gasteiger partial charge in [-0.15, -0.1) is 0 Å². The van der Waals surface area contributed by atoms with Gasteiger partial charge >= 0.3 is 0 Å². The SMILES string of the molecule is CC(C)CN(CC(N)=O)CC(O)C(N)Cc1ccccc1. The number of carbonyl (C=O) groups excluding carboxylic acids is 1. The van der Waals surface area contributed by atoms with Crippen LogP contribution in [0.4, 0.5) is 0 Å². The molecule has 5 nitrogen and oxygen atoms in total. The third-order valence-corrected chi connectivity index (χ3v) is 3.26. The van der Waals surface area contributed by atoms with Crippen molar-refractivity contribution < 1.29 is 9.90 Å². The Kier molecular flexibility index (Phi) is 7.36. The van der Waals surface area contributed by atoms with Crippen molar-refractivity contribution in [3.8, 4) is 0 Å². The van der Waals surface area contributed by atoms with E-state index in [4.69, 9.17) is 11.5 Å². The van der Waals surface area contributed by atoms with Crippen molar-refractivity contribution in [2.75, 3.05) is 19.6 Å². The smallest absolute Gasteiger partial charge is 0.231 e. The third-order valence-electron chi connectivity index (χ3n) is 3.26. The van der Waals surface area contributed by atoms with Gasteiger partial charge in [0, 0.05) is 19.1 Å². The first-order valence-corrected chi connectivity index (χ1v) is 7.36. The van der Waals surface area contributed by atoms with Crippen LogP contribution in [0.25, 0.3) is 0 Å². The Morgan fingerprint density at radius 1 is 1.24 bits per heavy atom. The maximum Gasteiger partial charge on any atom is 0.231 e. The number of aliphatic hydroxyl groups is 1. The van der Waals surface area contributed by atoms with Gasteiger partial charge in [-0.2, -0.15) is 0 Å². The summed E-state index contributed by atoms with van der Waals surface area (Å²) >= 11 is 0. The number of amides is 1. The molecule has 2 unspecified atom stereocenters. The summed E-state index contributed by atoms with van der Waals surface area (Å²) in [5, 5.41) is 10.3. The van der Waals surface area contributed by atoms with Crippen LogP contribution in [0.2, 0.25) is 0 Å². The van der Waals surface area contributed by atoms with Crippen LogP contribution in [-0.2, 0) is 11.2 Å². The Morgan fingerprint density at radius 3 is 2.38 bits per heavy atom. The van der Waals surface area contributed by atoms with Crippen LogP contribution in [0.1, 0.15) is 19.4 Å². The van der Waals surface area contributed by atoms with Crippen molar-refractivity contribution in [3.63, 3.8) is 0 Å². The molecule has 0 aliphatic carbocycles. The van der Waals surface area contributed by atoms with Crippen LogP contribution in [0, 0.1) is 5.92 Å². The van der Waals surface area contributed by atoms with E-state index < -0.39 is 6.10 Å². The van der Waals surface area contributed by atoms with E-state index >= 15 is 0 Å². The fourth-order valence-corrected chi connectivity index (χ4v) is 2.36. The number of hydrogen-bond acceptors (Lipinski definition) is 4. The van der Waals surface area contributed by atoms with Crippen LogP contribution in [0.3, 0.4) is 0 Å². The molecule has 5 N–H and O–H groups in total. The lowest BCUT2D eigenvalue weighted by molar-refractivity contribution is -0.119. The second-order valence-electron chi connectivity index (χ2n) is 5.98. The molecule has 1 aromatic carbocycles. The molecule has 0 aromatic heterocycles. The zero-order valence-electron chi connectivity index (χ0n) is 12.9. The average Bonchev–Trinajstić information content (AvgIpc) is 2.38. The molecule has 0 saturated heterocycles. The van der Waals surface area contributed by atoms with Gasteiger partial charge in [-0.1, -0.05) is 44.2 Å². The molecule has 5 heteroatoms. The number of carbonyl (C=O) groups is 1. The largest absolute Gasteiger partial charge is 0.390 e. The Labute approximate surface area is 126 Å². The van der Waals surface area contributed by atoms with Gasteiger partial charge < -0.3 is 16.6 Å². The zero-order valence-corrected chi connectivity index (χ0v) is 12.9. The molecule has 1 aromatic rings. The molecular formula is C16H27N3O2. The predicted molar refractivity (Wildman–Crippen MR) is 84.6 cm³/mol. The number of primary amides is 1. The molecule has 0 spiro atoms. The lowest BCUT2D eigenvalue weighted by Crippen LogP contribution is -2.47. The van der Waals surface area contributed by atoms with Crippen LogP contribution in [0.5, 0.6) is 0 Å². The lowest BCUT2D eigenvalue weighted by atomic mass is 10.0. The van der Waals surface area contributed by atoms with E-state index in [1.54, 1.807) is 0 Å². The molecule has 0 bridgehead atoms. The van der Waals surface area contributed by atoms with Gasteiger partial charge in [0.15, 0.2) is 0 Å². The maximum absolute atomic E-state index is 11.1. The van der Waals surface area contributed by atoms with Gasteiger partial charge in [-0.25, -0.2) is 0 Å². The normalized spacial score (nSPS) is 14.4. The Bertz CT molecular complexity index is 423. The number of rotatable bonds is 9. The van der Waals surface area contributed by atoms with Crippen molar-refractivity contribution in [2.24, 2.45) is 17.4 Å². The van der Waals surface area contributed by atoms with E-state index in [1.807, 2.05) is 35.2 Å². The molecule has 0 aliphatic heterocycles. The van der Waals surface area contributed by atoms with E-state index in [9.17, 15) is 9.90 Å². The molecule has 1 rings (SSSR count). The van der Waals surface area contributed by atoms with Crippen molar-refractivity contribution in [1.29, 1.82) is 0 Å². The first-order chi connectivity index (χ1) is 9.88. The van der Waals surface area contributed by atoms with E-state index in [1.165, 1.54) is 0 Å². The molecule has 118 valence electrons. The van der Waals surface area contributed by atoms with E-state index in [2.05, 4.69) is 13.8 Å². The van der Waals surface area contributed by atoms with Crippen molar-refractivity contribution in [3.05, 3.63) is 35.9 Å². The Balaban J connectivity index is 2.54. The van der Waals surface area contributed by atoms with Gasteiger partial charge in [0.1, 0.15) is 0 Å². The van der Waals surface area contributed by atoms with E-state index in [0.717, 1.165) is 5.56 Å². The highest BCUT2D eigenvalue weighted by atomic mass is 16.3. The molecule has 0 saturated carbocycles. The van der Waals surface area contributed by atoms with Gasteiger partial charge in [0.2, 0.25) is 5.91 Å². The summed E-state index contributed by atoms with van der Waals surface area (Å²) in [6.45, 7) is 5.33. The van der Waals surface area contributed by atoms with Crippen LogP contribution in [0.15, 0.2) is 30.3 Å². The second-order valence-corrected chi connectivity index (χ2v) is 5.98. The fourth-order valence-electron chi connectivity index (χ4n) is 2.36. The predicted octanol–water partition coefficient (Wildman–Crippen LogP) is 0.361. The van der Waals surface area contributed by atoms with Gasteiger partial charge in [0.05, 0.1) is 12.6 Å². The minimum Gasteiger partial charge on any atom is -0.390 e. The first-order valence-electron chi connectivity index (χ1n) is 7.36.